The SMILES string of the molecule is CCc1nc(NC)c(C)c(Sc2nc(C)cs2)n1. The molecule has 0 spiro atoms. The second-order valence-corrected chi connectivity index (χ2v) is 5.97. The summed E-state index contributed by atoms with van der Waals surface area (Å²) in [5.74, 6) is 1.76. The molecule has 0 atom stereocenters. The highest BCUT2D eigenvalue weighted by molar-refractivity contribution is 8.01. The molecule has 0 aliphatic carbocycles. The largest absolute Gasteiger partial charge is 0.373 e. The summed E-state index contributed by atoms with van der Waals surface area (Å²) < 4.78 is 1.03. The summed E-state index contributed by atoms with van der Waals surface area (Å²) in [4.78, 5) is 13.5. The predicted molar refractivity (Wildman–Crippen MR) is 76.7 cm³/mol. The number of aryl methyl sites for hydroxylation is 2. The second kappa shape index (κ2) is 5.67. The number of nitrogens with zero attached hydrogens (tertiary/aromatic N) is 3. The van der Waals surface area contributed by atoms with Gasteiger partial charge in [0, 0.05) is 30.1 Å². The summed E-state index contributed by atoms with van der Waals surface area (Å²) >= 11 is 3.26. The van der Waals surface area contributed by atoms with E-state index >= 15 is 0 Å². The first-order valence-corrected chi connectivity index (χ1v) is 7.49. The van der Waals surface area contributed by atoms with Gasteiger partial charge in [-0.3, -0.25) is 0 Å². The Morgan fingerprint density at radius 1 is 1.28 bits per heavy atom. The van der Waals surface area contributed by atoms with E-state index in [-0.39, 0.29) is 0 Å². The average Bonchev–Trinajstić information content (AvgIpc) is 2.77. The van der Waals surface area contributed by atoms with Crippen LogP contribution in [0.2, 0.25) is 0 Å². The molecule has 0 aromatic carbocycles. The summed E-state index contributed by atoms with van der Waals surface area (Å²) in [6.07, 6.45) is 0.833. The molecule has 0 bridgehead atoms. The van der Waals surface area contributed by atoms with Gasteiger partial charge in [-0.25, -0.2) is 15.0 Å². The van der Waals surface area contributed by atoms with Gasteiger partial charge in [0.05, 0.1) is 0 Å². The zero-order chi connectivity index (χ0) is 13.1. The van der Waals surface area contributed by atoms with E-state index in [0.717, 1.165) is 38.7 Å². The van der Waals surface area contributed by atoms with Crippen LogP contribution in [0.1, 0.15) is 24.0 Å². The first kappa shape index (κ1) is 13.3. The van der Waals surface area contributed by atoms with Crippen LogP contribution in [0, 0.1) is 13.8 Å². The zero-order valence-corrected chi connectivity index (χ0v) is 12.6. The van der Waals surface area contributed by atoms with Gasteiger partial charge < -0.3 is 5.32 Å². The van der Waals surface area contributed by atoms with E-state index in [0.29, 0.717) is 0 Å². The van der Waals surface area contributed by atoms with E-state index in [9.17, 15) is 0 Å². The van der Waals surface area contributed by atoms with Crippen molar-refractivity contribution >= 4 is 28.9 Å². The van der Waals surface area contributed by atoms with Gasteiger partial charge >= 0.3 is 0 Å². The molecule has 0 aliphatic heterocycles. The Morgan fingerprint density at radius 3 is 2.61 bits per heavy atom. The Hall–Kier alpha value is -1.14. The lowest BCUT2D eigenvalue weighted by atomic mass is 10.3. The fourth-order valence-corrected chi connectivity index (χ4v) is 3.35. The highest BCUT2D eigenvalue weighted by Crippen LogP contribution is 2.33. The van der Waals surface area contributed by atoms with Gasteiger partial charge in [-0.15, -0.1) is 11.3 Å². The molecule has 0 fully saturated rings. The van der Waals surface area contributed by atoms with Crippen LogP contribution in [-0.4, -0.2) is 22.0 Å². The number of thiazole rings is 1. The molecule has 2 heterocycles. The third-order valence-electron chi connectivity index (χ3n) is 2.48. The third kappa shape index (κ3) is 2.81. The smallest absolute Gasteiger partial charge is 0.156 e. The minimum absolute atomic E-state index is 0.833. The molecule has 2 aromatic heterocycles. The van der Waals surface area contributed by atoms with Crippen molar-refractivity contribution in [2.24, 2.45) is 0 Å². The van der Waals surface area contributed by atoms with Crippen molar-refractivity contribution in [1.82, 2.24) is 15.0 Å². The predicted octanol–water partition coefficient (Wildman–Crippen LogP) is 3.31. The van der Waals surface area contributed by atoms with Gasteiger partial charge in [0.15, 0.2) is 4.34 Å². The van der Waals surface area contributed by atoms with Gasteiger partial charge in [0.2, 0.25) is 0 Å². The molecule has 18 heavy (non-hydrogen) atoms. The van der Waals surface area contributed by atoms with Gasteiger partial charge in [0.1, 0.15) is 16.7 Å². The van der Waals surface area contributed by atoms with E-state index in [1.807, 2.05) is 20.9 Å². The maximum Gasteiger partial charge on any atom is 0.156 e. The summed E-state index contributed by atoms with van der Waals surface area (Å²) in [6.45, 7) is 6.10. The summed E-state index contributed by atoms with van der Waals surface area (Å²) in [7, 11) is 1.89. The molecule has 96 valence electrons. The highest BCUT2D eigenvalue weighted by Gasteiger charge is 2.12. The third-order valence-corrected chi connectivity index (χ3v) is 4.63. The lowest BCUT2D eigenvalue weighted by Gasteiger charge is -2.10. The topological polar surface area (TPSA) is 50.7 Å². The van der Waals surface area contributed by atoms with Gasteiger partial charge in [-0.2, -0.15) is 0 Å². The van der Waals surface area contributed by atoms with Crippen molar-refractivity contribution in [3.05, 3.63) is 22.5 Å². The van der Waals surface area contributed by atoms with Crippen molar-refractivity contribution < 1.29 is 0 Å². The van der Waals surface area contributed by atoms with E-state index < -0.39 is 0 Å². The number of aromatic nitrogens is 3. The van der Waals surface area contributed by atoms with Crippen molar-refractivity contribution in [1.29, 1.82) is 0 Å². The summed E-state index contributed by atoms with van der Waals surface area (Å²) in [5, 5.41) is 6.16. The summed E-state index contributed by atoms with van der Waals surface area (Å²) in [6, 6.07) is 0. The molecule has 2 aromatic rings. The van der Waals surface area contributed by atoms with E-state index in [1.165, 1.54) is 0 Å². The monoisotopic (exact) mass is 280 g/mol. The van der Waals surface area contributed by atoms with Crippen molar-refractivity contribution in [2.45, 2.75) is 36.6 Å². The number of anilines is 1. The number of rotatable bonds is 4. The molecule has 0 saturated heterocycles. The Morgan fingerprint density at radius 2 is 2.06 bits per heavy atom. The molecule has 0 radical (unpaired) electrons. The fourth-order valence-electron chi connectivity index (χ4n) is 1.50. The number of hydrogen-bond donors (Lipinski definition) is 1. The molecule has 1 N–H and O–H groups in total. The van der Waals surface area contributed by atoms with Crippen molar-refractivity contribution in [3.8, 4) is 0 Å². The quantitative estimate of drug-likeness (QED) is 0.871. The number of nitrogens with one attached hydrogen (secondary N) is 1. The normalized spacial score (nSPS) is 10.7. The molecule has 0 amide bonds. The second-order valence-electron chi connectivity index (χ2n) is 3.88. The minimum Gasteiger partial charge on any atom is -0.373 e. The Kier molecular flexibility index (Phi) is 4.19. The molecular weight excluding hydrogens is 264 g/mol. The van der Waals surface area contributed by atoms with Crippen LogP contribution in [0.5, 0.6) is 0 Å². The molecule has 2 rings (SSSR count). The Labute approximate surface area is 115 Å². The maximum atomic E-state index is 4.58. The summed E-state index contributed by atoms with van der Waals surface area (Å²) in [5.41, 5.74) is 2.13. The lowest BCUT2D eigenvalue weighted by Crippen LogP contribution is -2.03. The molecule has 6 heteroatoms. The first-order valence-electron chi connectivity index (χ1n) is 5.79. The molecular formula is C12H16N4S2. The highest BCUT2D eigenvalue weighted by atomic mass is 32.2. The van der Waals surface area contributed by atoms with Crippen molar-refractivity contribution in [3.63, 3.8) is 0 Å². The van der Waals surface area contributed by atoms with Gasteiger partial charge in [-0.05, 0) is 25.6 Å². The van der Waals surface area contributed by atoms with E-state index in [1.54, 1.807) is 23.1 Å². The van der Waals surface area contributed by atoms with Crippen molar-refractivity contribution in [2.75, 3.05) is 12.4 Å². The first-order chi connectivity index (χ1) is 8.63. The number of hydrogen-bond acceptors (Lipinski definition) is 6. The molecule has 0 saturated carbocycles. The molecule has 0 unspecified atom stereocenters. The Balaban J connectivity index is 2.36. The van der Waals surface area contributed by atoms with Gasteiger partial charge in [0.25, 0.3) is 0 Å². The van der Waals surface area contributed by atoms with Crippen LogP contribution < -0.4 is 5.32 Å². The zero-order valence-electron chi connectivity index (χ0n) is 10.9. The van der Waals surface area contributed by atoms with Gasteiger partial charge in [-0.1, -0.05) is 6.92 Å². The van der Waals surface area contributed by atoms with E-state index in [4.69, 9.17) is 0 Å². The minimum atomic E-state index is 0.833. The Bertz CT molecular complexity index is 551. The molecule has 4 nitrogen and oxygen atoms in total. The van der Waals surface area contributed by atoms with Crippen LogP contribution >= 0.6 is 23.1 Å². The lowest BCUT2D eigenvalue weighted by molar-refractivity contribution is 0.874. The standard InChI is InChI=1S/C12H16N4S2/c1-5-9-15-10(13-4)8(3)11(16-9)18-12-14-7(2)6-17-12/h6H,5H2,1-4H3,(H,13,15,16). The molecule has 0 aliphatic rings. The van der Waals surface area contributed by atoms with Crippen LogP contribution in [-0.2, 0) is 6.42 Å². The van der Waals surface area contributed by atoms with Crippen LogP contribution in [0.4, 0.5) is 5.82 Å². The maximum absolute atomic E-state index is 4.58. The van der Waals surface area contributed by atoms with Crippen LogP contribution in [0.15, 0.2) is 14.7 Å². The van der Waals surface area contributed by atoms with Crippen LogP contribution in [0.3, 0.4) is 0 Å². The van der Waals surface area contributed by atoms with E-state index in [2.05, 4.69) is 32.6 Å². The van der Waals surface area contributed by atoms with Crippen LogP contribution in [0.25, 0.3) is 0 Å². The average molecular weight is 280 g/mol. The fraction of sp³-hybridized carbons (Fsp3) is 0.417.